The van der Waals surface area contributed by atoms with Crippen molar-refractivity contribution in [2.75, 3.05) is 0 Å². The van der Waals surface area contributed by atoms with E-state index in [0.29, 0.717) is 12.8 Å². The van der Waals surface area contributed by atoms with E-state index < -0.39 is 11.6 Å². The number of carboxylic acids is 1. The van der Waals surface area contributed by atoms with Gasteiger partial charge in [0.2, 0.25) is 0 Å². The third-order valence-electron chi connectivity index (χ3n) is 3.10. The molecule has 3 nitrogen and oxygen atoms in total. The van der Waals surface area contributed by atoms with Gasteiger partial charge in [0.05, 0.1) is 11.5 Å². The summed E-state index contributed by atoms with van der Waals surface area (Å²) in [5, 5.41) is 18.5. The summed E-state index contributed by atoms with van der Waals surface area (Å²) in [5.74, 6) is -1.06. The maximum Gasteiger partial charge on any atom is 0.306 e. The highest BCUT2D eigenvalue weighted by atomic mass is 16.4. The smallest absolute Gasteiger partial charge is 0.306 e. The second-order valence-corrected chi connectivity index (χ2v) is 4.48. The molecule has 1 rings (SSSR count). The van der Waals surface area contributed by atoms with Gasteiger partial charge in [-0.1, -0.05) is 32.6 Å². The van der Waals surface area contributed by atoms with Crippen molar-refractivity contribution >= 4 is 5.97 Å². The van der Waals surface area contributed by atoms with Gasteiger partial charge in [-0.25, -0.2) is 0 Å². The van der Waals surface area contributed by atoms with Crippen LogP contribution in [0.15, 0.2) is 0 Å². The Morgan fingerprint density at radius 2 is 2.00 bits per heavy atom. The van der Waals surface area contributed by atoms with E-state index in [2.05, 4.69) is 6.92 Å². The van der Waals surface area contributed by atoms with Crippen LogP contribution in [0.5, 0.6) is 0 Å². The molecule has 1 fully saturated rings. The Morgan fingerprint density at radius 3 is 2.50 bits per heavy atom. The van der Waals surface area contributed by atoms with E-state index in [0.717, 1.165) is 19.3 Å². The number of carboxylic acid groups (broad SMARTS) is 1. The van der Waals surface area contributed by atoms with Crippen LogP contribution in [-0.2, 0) is 4.79 Å². The number of carbonyl (C=O) groups is 1. The highest BCUT2D eigenvalue weighted by Gasteiger charge is 2.45. The van der Waals surface area contributed by atoms with Crippen molar-refractivity contribution in [1.82, 2.24) is 0 Å². The average molecular weight is 200 g/mol. The van der Waals surface area contributed by atoms with Crippen molar-refractivity contribution in [1.29, 1.82) is 0 Å². The number of unbranched alkanes of at least 4 members (excludes halogenated alkanes) is 3. The lowest BCUT2D eigenvalue weighted by atomic mass is 9.68. The second kappa shape index (κ2) is 4.78. The first-order valence-corrected chi connectivity index (χ1v) is 5.52. The molecule has 14 heavy (non-hydrogen) atoms. The molecule has 0 radical (unpaired) electrons. The van der Waals surface area contributed by atoms with Crippen LogP contribution in [0.4, 0.5) is 0 Å². The summed E-state index contributed by atoms with van der Waals surface area (Å²) >= 11 is 0. The summed E-state index contributed by atoms with van der Waals surface area (Å²) in [6.07, 6.45) is 6.25. The SMILES string of the molecule is CCCCCCC1(O)CC(C(=O)O)C1. The lowest BCUT2D eigenvalue weighted by molar-refractivity contribution is -0.159. The predicted octanol–water partition coefficient (Wildman–Crippen LogP) is 2.18. The Bertz CT molecular complexity index is 195. The van der Waals surface area contributed by atoms with E-state index in [4.69, 9.17) is 5.11 Å². The van der Waals surface area contributed by atoms with Crippen molar-refractivity contribution in [3.05, 3.63) is 0 Å². The lowest BCUT2D eigenvalue weighted by Gasteiger charge is -2.41. The maximum atomic E-state index is 10.5. The number of aliphatic carboxylic acids is 1. The molecule has 1 aliphatic rings. The van der Waals surface area contributed by atoms with Crippen LogP contribution < -0.4 is 0 Å². The summed E-state index contributed by atoms with van der Waals surface area (Å²) in [6, 6.07) is 0. The zero-order valence-electron chi connectivity index (χ0n) is 8.83. The van der Waals surface area contributed by atoms with Crippen molar-refractivity contribution in [3.63, 3.8) is 0 Å². The van der Waals surface area contributed by atoms with Crippen molar-refractivity contribution in [2.45, 2.75) is 57.5 Å². The Labute approximate surface area is 85.1 Å². The van der Waals surface area contributed by atoms with Gasteiger partial charge in [-0.05, 0) is 19.3 Å². The highest BCUT2D eigenvalue weighted by Crippen LogP contribution is 2.41. The van der Waals surface area contributed by atoms with E-state index >= 15 is 0 Å². The van der Waals surface area contributed by atoms with Gasteiger partial charge >= 0.3 is 5.97 Å². The van der Waals surface area contributed by atoms with Crippen LogP contribution in [0.2, 0.25) is 0 Å². The van der Waals surface area contributed by atoms with E-state index in [1.54, 1.807) is 0 Å². The molecule has 3 heteroatoms. The highest BCUT2D eigenvalue weighted by molar-refractivity contribution is 5.71. The van der Waals surface area contributed by atoms with Gasteiger partial charge in [0, 0.05) is 0 Å². The molecular weight excluding hydrogens is 180 g/mol. The Balaban J connectivity index is 2.11. The van der Waals surface area contributed by atoms with Crippen LogP contribution in [0.3, 0.4) is 0 Å². The normalized spacial score (nSPS) is 31.1. The fourth-order valence-corrected chi connectivity index (χ4v) is 2.12. The molecule has 0 amide bonds. The molecule has 0 aliphatic heterocycles. The summed E-state index contributed by atoms with van der Waals surface area (Å²) < 4.78 is 0. The minimum atomic E-state index is -0.761. The van der Waals surface area contributed by atoms with Gasteiger partial charge in [-0.15, -0.1) is 0 Å². The largest absolute Gasteiger partial charge is 0.481 e. The minimum absolute atomic E-state index is 0.300. The Hall–Kier alpha value is -0.570. The number of aliphatic hydroxyl groups is 1. The number of rotatable bonds is 6. The molecule has 0 saturated heterocycles. The lowest BCUT2D eigenvalue weighted by Crippen LogP contribution is -2.46. The molecule has 0 heterocycles. The van der Waals surface area contributed by atoms with E-state index in [-0.39, 0.29) is 5.92 Å². The van der Waals surface area contributed by atoms with Gasteiger partial charge in [0.25, 0.3) is 0 Å². The molecule has 82 valence electrons. The molecule has 0 aromatic carbocycles. The van der Waals surface area contributed by atoms with E-state index in [1.165, 1.54) is 12.8 Å². The predicted molar refractivity (Wildman–Crippen MR) is 54.1 cm³/mol. The molecule has 0 spiro atoms. The van der Waals surface area contributed by atoms with Crippen LogP contribution >= 0.6 is 0 Å². The third kappa shape index (κ3) is 2.98. The van der Waals surface area contributed by atoms with Crippen LogP contribution in [-0.4, -0.2) is 21.8 Å². The van der Waals surface area contributed by atoms with Gasteiger partial charge in [-0.3, -0.25) is 4.79 Å². The van der Waals surface area contributed by atoms with E-state index in [1.807, 2.05) is 0 Å². The van der Waals surface area contributed by atoms with Crippen LogP contribution in [0.25, 0.3) is 0 Å². The summed E-state index contributed by atoms with van der Waals surface area (Å²) in [4.78, 5) is 10.5. The topological polar surface area (TPSA) is 57.5 Å². The van der Waals surface area contributed by atoms with Crippen molar-refractivity contribution in [2.24, 2.45) is 5.92 Å². The zero-order chi connectivity index (χ0) is 10.6. The number of hydrogen-bond donors (Lipinski definition) is 2. The Kier molecular flexibility index (Phi) is 3.93. The monoisotopic (exact) mass is 200 g/mol. The first-order valence-electron chi connectivity index (χ1n) is 5.52. The maximum absolute atomic E-state index is 10.5. The number of hydrogen-bond acceptors (Lipinski definition) is 2. The van der Waals surface area contributed by atoms with Crippen molar-refractivity contribution in [3.8, 4) is 0 Å². The summed E-state index contributed by atoms with van der Waals surface area (Å²) in [5.41, 5.74) is -0.656. The third-order valence-corrected chi connectivity index (χ3v) is 3.10. The first-order chi connectivity index (χ1) is 6.57. The van der Waals surface area contributed by atoms with Gasteiger partial charge in [0.1, 0.15) is 0 Å². The fourth-order valence-electron chi connectivity index (χ4n) is 2.12. The van der Waals surface area contributed by atoms with E-state index in [9.17, 15) is 9.90 Å². The molecule has 0 aromatic rings. The minimum Gasteiger partial charge on any atom is -0.481 e. The fraction of sp³-hybridized carbons (Fsp3) is 0.909. The summed E-state index contributed by atoms with van der Waals surface area (Å²) in [6.45, 7) is 2.15. The standard InChI is InChI=1S/C11H20O3/c1-2-3-4-5-6-11(14)7-9(8-11)10(12)13/h9,14H,2-8H2,1H3,(H,12,13). The molecule has 0 atom stereocenters. The first kappa shape index (κ1) is 11.5. The quantitative estimate of drug-likeness (QED) is 0.646. The zero-order valence-corrected chi connectivity index (χ0v) is 8.83. The van der Waals surface area contributed by atoms with Gasteiger partial charge in [-0.2, -0.15) is 0 Å². The molecular formula is C11H20O3. The molecule has 1 saturated carbocycles. The van der Waals surface area contributed by atoms with Gasteiger partial charge < -0.3 is 10.2 Å². The Morgan fingerprint density at radius 1 is 1.36 bits per heavy atom. The molecule has 0 unspecified atom stereocenters. The second-order valence-electron chi connectivity index (χ2n) is 4.48. The van der Waals surface area contributed by atoms with Crippen molar-refractivity contribution < 1.29 is 15.0 Å². The molecule has 1 aliphatic carbocycles. The summed E-state index contributed by atoms with van der Waals surface area (Å²) in [7, 11) is 0. The van der Waals surface area contributed by atoms with Crippen LogP contribution in [0, 0.1) is 5.92 Å². The molecule has 2 N–H and O–H groups in total. The molecule has 0 bridgehead atoms. The van der Waals surface area contributed by atoms with Crippen LogP contribution in [0.1, 0.15) is 51.9 Å². The van der Waals surface area contributed by atoms with Gasteiger partial charge in [0.15, 0.2) is 0 Å². The molecule has 0 aromatic heterocycles. The average Bonchev–Trinajstić information content (AvgIpc) is 2.08.